The van der Waals surface area contributed by atoms with Gasteiger partial charge < -0.3 is 10.6 Å². The summed E-state index contributed by atoms with van der Waals surface area (Å²) in [6.07, 6.45) is 8.13. The van der Waals surface area contributed by atoms with Crippen LogP contribution < -0.4 is 10.6 Å². The Balaban J connectivity index is 2.22. The number of carbonyl (C=O) groups is 2. The van der Waals surface area contributed by atoms with E-state index in [1.807, 2.05) is 0 Å². The highest BCUT2D eigenvalue weighted by molar-refractivity contribution is 6.45. The molecule has 2 amide bonds. The maximum absolute atomic E-state index is 11.8. The fraction of sp³-hybridized carbons (Fsp3) is 0.529. The van der Waals surface area contributed by atoms with E-state index in [9.17, 15) is 9.59 Å². The van der Waals surface area contributed by atoms with E-state index in [0.29, 0.717) is 17.3 Å². The number of carbonyl (C=O) groups excluding carboxylic acids is 2. The van der Waals surface area contributed by atoms with Crippen LogP contribution in [0, 0.1) is 0 Å². The van der Waals surface area contributed by atoms with Crippen LogP contribution in [0.5, 0.6) is 0 Å². The molecule has 1 aromatic rings. The molecular formula is C17H24Cl2N2O2. The molecule has 23 heavy (non-hydrogen) atoms. The lowest BCUT2D eigenvalue weighted by Gasteiger charge is -2.08. The monoisotopic (exact) mass is 358 g/mol. The summed E-state index contributed by atoms with van der Waals surface area (Å²) in [7, 11) is 0. The molecule has 0 fully saturated rings. The maximum atomic E-state index is 11.8. The minimum atomic E-state index is -0.739. The second-order valence-corrected chi connectivity index (χ2v) is 6.22. The van der Waals surface area contributed by atoms with E-state index in [4.69, 9.17) is 23.2 Å². The van der Waals surface area contributed by atoms with Gasteiger partial charge in [-0.3, -0.25) is 9.59 Å². The minimum absolute atomic E-state index is 0.224. The van der Waals surface area contributed by atoms with Gasteiger partial charge in [-0.05, 0) is 18.6 Å². The first kappa shape index (κ1) is 19.8. The molecule has 0 bridgehead atoms. The summed E-state index contributed by atoms with van der Waals surface area (Å²) in [5, 5.41) is 5.62. The molecule has 1 aromatic carbocycles. The van der Waals surface area contributed by atoms with Crippen LogP contribution in [-0.2, 0) is 9.59 Å². The van der Waals surface area contributed by atoms with E-state index in [1.165, 1.54) is 32.1 Å². The van der Waals surface area contributed by atoms with Gasteiger partial charge in [-0.25, -0.2) is 0 Å². The number of halogens is 2. The molecule has 0 aliphatic carbocycles. The summed E-state index contributed by atoms with van der Waals surface area (Å²) in [6, 6.07) is 4.86. The summed E-state index contributed by atoms with van der Waals surface area (Å²) in [6.45, 7) is 2.69. The Morgan fingerprint density at radius 3 is 2.30 bits per heavy atom. The van der Waals surface area contributed by atoms with Gasteiger partial charge in [0, 0.05) is 6.54 Å². The van der Waals surface area contributed by atoms with Crippen molar-refractivity contribution in [2.75, 3.05) is 11.9 Å². The summed E-state index contributed by atoms with van der Waals surface area (Å²) in [5.74, 6) is -1.40. The van der Waals surface area contributed by atoms with Crippen LogP contribution in [0.4, 0.5) is 5.69 Å². The van der Waals surface area contributed by atoms with Crippen LogP contribution in [0.25, 0.3) is 0 Å². The lowest BCUT2D eigenvalue weighted by atomic mass is 10.1. The van der Waals surface area contributed by atoms with Crippen molar-refractivity contribution in [2.45, 2.75) is 51.9 Å². The first-order chi connectivity index (χ1) is 11.1. The number of benzene rings is 1. The summed E-state index contributed by atoms with van der Waals surface area (Å²) < 4.78 is 0. The molecule has 2 N–H and O–H groups in total. The standard InChI is InChI=1S/C17H24Cl2N2O2/c1-2-3-4-5-6-7-8-12-20-16(22)17(23)21-14-11-9-10-13(18)15(14)19/h9-11H,2-8,12H2,1H3,(H,20,22)(H,21,23). The van der Waals surface area contributed by atoms with Crippen LogP contribution in [0.15, 0.2) is 18.2 Å². The van der Waals surface area contributed by atoms with Gasteiger partial charge in [-0.15, -0.1) is 0 Å². The van der Waals surface area contributed by atoms with Gasteiger partial charge in [0.25, 0.3) is 0 Å². The average Bonchev–Trinajstić information content (AvgIpc) is 2.54. The van der Waals surface area contributed by atoms with Crippen molar-refractivity contribution in [2.24, 2.45) is 0 Å². The third-order valence-corrected chi connectivity index (χ3v) is 4.29. The average molecular weight is 359 g/mol. The number of hydrogen-bond acceptors (Lipinski definition) is 2. The molecule has 0 heterocycles. The molecule has 128 valence electrons. The fourth-order valence-corrected chi connectivity index (χ4v) is 2.49. The van der Waals surface area contributed by atoms with E-state index >= 15 is 0 Å². The molecule has 0 unspecified atom stereocenters. The lowest BCUT2D eigenvalue weighted by molar-refractivity contribution is -0.136. The van der Waals surface area contributed by atoms with Crippen molar-refractivity contribution >= 4 is 40.7 Å². The molecule has 1 rings (SSSR count). The highest BCUT2D eigenvalue weighted by atomic mass is 35.5. The third kappa shape index (κ3) is 7.71. The van der Waals surface area contributed by atoms with Crippen molar-refractivity contribution in [1.29, 1.82) is 0 Å². The van der Waals surface area contributed by atoms with Crippen molar-refractivity contribution in [3.05, 3.63) is 28.2 Å². The van der Waals surface area contributed by atoms with E-state index in [-0.39, 0.29) is 5.02 Å². The molecule has 0 saturated carbocycles. The van der Waals surface area contributed by atoms with E-state index < -0.39 is 11.8 Å². The van der Waals surface area contributed by atoms with Gasteiger partial charge >= 0.3 is 11.8 Å². The quantitative estimate of drug-likeness (QED) is 0.492. The van der Waals surface area contributed by atoms with Gasteiger partial charge in [0.15, 0.2) is 0 Å². The Hall–Kier alpha value is -1.26. The zero-order valence-corrected chi connectivity index (χ0v) is 15.0. The van der Waals surface area contributed by atoms with Gasteiger partial charge in [-0.2, -0.15) is 0 Å². The fourth-order valence-electron chi connectivity index (χ4n) is 2.14. The third-order valence-electron chi connectivity index (χ3n) is 3.47. The second-order valence-electron chi connectivity index (χ2n) is 5.43. The SMILES string of the molecule is CCCCCCCCCNC(=O)C(=O)Nc1cccc(Cl)c1Cl. The summed E-state index contributed by atoms with van der Waals surface area (Å²) in [4.78, 5) is 23.5. The molecule has 6 heteroatoms. The first-order valence-electron chi connectivity index (χ1n) is 8.09. The Morgan fingerprint density at radius 1 is 0.957 bits per heavy atom. The number of anilines is 1. The number of rotatable bonds is 9. The Morgan fingerprint density at radius 2 is 1.61 bits per heavy atom. The molecule has 0 spiro atoms. The lowest BCUT2D eigenvalue weighted by Crippen LogP contribution is -2.35. The van der Waals surface area contributed by atoms with Crippen molar-refractivity contribution in [1.82, 2.24) is 5.32 Å². The topological polar surface area (TPSA) is 58.2 Å². The molecular weight excluding hydrogens is 335 g/mol. The Bertz CT molecular complexity index is 521. The predicted molar refractivity (Wildman–Crippen MR) is 96.1 cm³/mol. The molecule has 0 aliphatic rings. The second kappa shape index (κ2) is 11.3. The Labute approximate surface area is 147 Å². The van der Waals surface area contributed by atoms with Crippen molar-refractivity contribution in [3.8, 4) is 0 Å². The van der Waals surface area contributed by atoms with E-state index in [2.05, 4.69) is 17.6 Å². The highest BCUT2D eigenvalue weighted by Crippen LogP contribution is 2.29. The molecule has 4 nitrogen and oxygen atoms in total. The number of hydrogen-bond donors (Lipinski definition) is 2. The Kier molecular flexibility index (Phi) is 9.72. The zero-order valence-electron chi connectivity index (χ0n) is 13.5. The normalized spacial score (nSPS) is 10.4. The largest absolute Gasteiger partial charge is 0.348 e. The molecule has 0 atom stereocenters. The number of amides is 2. The summed E-state index contributed by atoms with van der Waals surface area (Å²) >= 11 is 11.8. The predicted octanol–water partition coefficient (Wildman–Crippen LogP) is 4.80. The highest BCUT2D eigenvalue weighted by Gasteiger charge is 2.15. The van der Waals surface area contributed by atoms with Crippen LogP contribution in [-0.4, -0.2) is 18.4 Å². The summed E-state index contributed by atoms with van der Waals surface area (Å²) in [5.41, 5.74) is 0.329. The van der Waals surface area contributed by atoms with Gasteiger partial charge in [-0.1, -0.05) is 74.7 Å². The van der Waals surface area contributed by atoms with Gasteiger partial charge in [0.1, 0.15) is 0 Å². The molecule has 0 radical (unpaired) electrons. The number of unbranched alkanes of at least 4 members (excludes halogenated alkanes) is 6. The van der Waals surface area contributed by atoms with Crippen LogP contribution in [0.3, 0.4) is 0 Å². The van der Waals surface area contributed by atoms with Crippen LogP contribution in [0.2, 0.25) is 10.0 Å². The minimum Gasteiger partial charge on any atom is -0.348 e. The van der Waals surface area contributed by atoms with Crippen LogP contribution >= 0.6 is 23.2 Å². The van der Waals surface area contributed by atoms with Crippen LogP contribution in [0.1, 0.15) is 51.9 Å². The van der Waals surface area contributed by atoms with Gasteiger partial charge in [0.2, 0.25) is 0 Å². The number of nitrogens with one attached hydrogen (secondary N) is 2. The van der Waals surface area contributed by atoms with E-state index in [0.717, 1.165) is 12.8 Å². The molecule has 0 aromatic heterocycles. The maximum Gasteiger partial charge on any atom is 0.313 e. The van der Waals surface area contributed by atoms with Crippen molar-refractivity contribution in [3.63, 3.8) is 0 Å². The van der Waals surface area contributed by atoms with E-state index in [1.54, 1.807) is 18.2 Å². The smallest absolute Gasteiger partial charge is 0.313 e. The van der Waals surface area contributed by atoms with Gasteiger partial charge in [0.05, 0.1) is 15.7 Å². The zero-order chi connectivity index (χ0) is 17.1. The van der Waals surface area contributed by atoms with Crippen molar-refractivity contribution < 1.29 is 9.59 Å². The molecule has 0 saturated heterocycles. The molecule has 0 aliphatic heterocycles. The first-order valence-corrected chi connectivity index (χ1v) is 8.85.